The third kappa shape index (κ3) is 4.76. The second-order valence-corrected chi connectivity index (χ2v) is 5.37. The summed E-state index contributed by atoms with van der Waals surface area (Å²) in [5, 5.41) is 14.6. The lowest BCUT2D eigenvalue weighted by Crippen LogP contribution is -2.33. The number of aromatic nitrogens is 4. The Balaban J connectivity index is 1.96. The Kier molecular flexibility index (Phi) is 6.68. The molecular weight excluding hydrogens is 308 g/mol. The number of carbonyl (C=O) groups is 1. The maximum Gasteiger partial charge on any atom is 0.238 e. The van der Waals surface area contributed by atoms with Crippen LogP contribution in [0.3, 0.4) is 0 Å². The second-order valence-electron chi connectivity index (χ2n) is 5.37. The van der Waals surface area contributed by atoms with Crippen molar-refractivity contribution in [2.75, 3.05) is 25.5 Å². The number of carbonyl (C=O) groups excluding carboxylic acids is 1. The minimum absolute atomic E-state index is 0.101. The van der Waals surface area contributed by atoms with Gasteiger partial charge in [0.15, 0.2) is 5.82 Å². The Hall–Kier alpha value is -2.48. The highest BCUT2D eigenvalue weighted by atomic mass is 16.5. The van der Waals surface area contributed by atoms with Crippen LogP contribution >= 0.6 is 0 Å². The molecule has 0 saturated carbocycles. The third-order valence-corrected chi connectivity index (χ3v) is 3.60. The number of tetrazole rings is 1. The number of para-hydroxylation sites is 2. The highest BCUT2D eigenvalue weighted by Crippen LogP contribution is 2.22. The van der Waals surface area contributed by atoms with E-state index in [1.54, 1.807) is 11.8 Å². The van der Waals surface area contributed by atoms with Gasteiger partial charge in [0.2, 0.25) is 5.91 Å². The van der Waals surface area contributed by atoms with Crippen LogP contribution in [0, 0.1) is 0 Å². The Bertz CT molecular complexity index is 658. The first-order valence-electron chi connectivity index (χ1n) is 8.08. The van der Waals surface area contributed by atoms with Crippen LogP contribution in [0.5, 0.6) is 5.75 Å². The number of benzene rings is 1. The van der Waals surface area contributed by atoms with Gasteiger partial charge in [-0.15, -0.1) is 5.10 Å². The molecule has 1 heterocycles. The standard InChI is InChI=1S/C16H24N6O2/c1-4-10-22-15(18-19-20-22)11-21(5-2)12-16(23)17-13-8-6-7-9-14(13)24-3/h6-9H,4-5,10-12H2,1-3H3,(H,17,23). The van der Waals surface area contributed by atoms with Gasteiger partial charge in [0.05, 0.1) is 25.9 Å². The van der Waals surface area contributed by atoms with Gasteiger partial charge in [0.25, 0.3) is 0 Å². The van der Waals surface area contributed by atoms with E-state index in [-0.39, 0.29) is 12.5 Å². The van der Waals surface area contributed by atoms with Crippen LogP contribution in [0.15, 0.2) is 24.3 Å². The Labute approximate surface area is 141 Å². The van der Waals surface area contributed by atoms with E-state index in [1.165, 1.54) is 0 Å². The van der Waals surface area contributed by atoms with Crippen molar-refractivity contribution in [3.05, 3.63) is 30.1 Å². The van der Waals surface area contributed by atoms with E-state index >= 15 is 0 Å². The minimum Gasteiger partial charge on any atom is -0.495 e. The zero-order valence-electron chi connectivity index (χ0n) is 14.4. The van der Waals surface area contributed by atoms with Crippen molar-refractivity contribution in [2.45, 2.75) is 33.4 Å². The van der Waals surface area contributed by atoms with Gasteiger partial charge < -0.3 is 10.1 Å². The first-order chi connectivity index (χ1) is 11.7. The molecule has 2 rings (SSSR count). The summed E-state index contributed by atoms with van der Waals surface area (Å²) in [4.78, 5) is 14.3. The molecule has 0 bridgehead atoms. The van der Waals surface area contributed by atoms with Crippen molar-refractivity contribution in [1.82, 2.24) is 25.1 Å². The molecule has 0 unspecified atom stereocenters. The maximum atomic E-state index is 12.3. The van der Waals surface area contributed by atoms with Gasteiger partial charge in [0, 0.05) is 6.54 Å². The van der Waals surface area contributed by atoms with Crippen molar-refractivity contribution < 1.29 is 9.53 Å². The van der Waals surface area contributed by atoms with E-state index in [9.17, 15) is 4.79 Å². The number of rotatable bonds is 9. The van der Waals surface area contributed by atoms with Gasteiger partial charge >= 0.3 is 0 Å². The Morgan fingerprint density at radius 1 is 1.33 bits per heavy atom. The molecule has 0 aliphatic rings. The molecule has 130 valence electrons. The molecule has 0 atom stereocenters. The fourth-order valence-corrected chi connectivity index (χ4v) is 2.34. The summed E-state index contributed by atoms with van der Waals surface area (Å²) in [6, 6.07) is 7.34. The molecule has 8 heteroatoms. The number of amides is 1. The molecule has 1 N–H and O–H groups in total. The Morgan fingerprint density at radius 2 is 2.12 bits per heavy atom. The summed E-state index contributed by atoms with van der Waals surface area (Å²) in [6.45, 7) is 6.36. The Morgan fingerprint density at radius 3 is 2.83 bits per heavy atom. The van der Waals surface area contributed by atoms with Crippen molar-refractivity contribution in [1.29, 1.82) is 0 Å². The molecule has 0 radical (unpaired) electrons. The van der Waals surface area contributed by atoms with E-state index in [4.69, 9.17) is 4.74 Å². The molecule has 0 aliphatic carbocycles. The molecule has 24 heavy (non-hydrogen) atoms. The van der Waals surface area contributed by atoms with Crippen LogP contribution in [0.25, 0.3) is 0 Å². The lowest BCUT2D eigenvalue weighted by atomic mass is 10.3. The predicted molar refractivity (Wildman–Crippen MR) is 90.7 cm³/mol. The van der Waals surface area contributed by atoms with E-state index in [0.717, 1.165) is 25.3 Å². The van der Waals surface area contributed by atoms with Gasteiger partial charge in [0.1, 0.15) is 5.75 Å². The van der Waals surface area contributed by atoms with Crippen LogP contribution in [0.4, 0.5) is 5.69 Å². The van der Waals surface area contributed by atoms with Crippen LogP contribution < -0.4 is 10.1 Å². The van der Waals surface area contributed by atoms with E-state index in [2.05, 4.69) is 27.8 Å². The minimum atomic E-state index is -0.101. The molecule has 1 aromatic heterocycles. The zero-order chi connectivity index (χ0) is 17.4. The van der Waals surface area contributed by atoms with Gasteiger partial charge in [-0.2, -0.15) is 0 Å². The van der Waals surface area contributed by atoms with Crippen molar-refractivity contribution in [3.8, 4) is 5.75 Å². The molecular formula is C16H24N6O2. The van der Waals surface area contributed by atoms with Gasteiger partial charge in [-0.1, -0.05) is 26.0 Å². The number of ether oxygens (including phenoxy) is 1. The average Bonchev–Trinajstić information content (AvgIpc) is 3.02. The molecule has 0 spiro atoms. The quantitative estimate of drug-likeness (QED) is 0.750. The average molecular weight is 332 g/mol. The van der Waals surface area contributed by atoms with E-state index in [0.29, 0.717) is 18.0 Å². The zero-order valence-corrected chi connectivity index (χ0v) is 14.4. The SMILES string of the molecule is CCCn1nnnc1CN(CC)CC(=O)Nc1ccccc1OC. The monoisotopic (exact) mass is 332 g/mol. The molecule has 0 aliphatic heterocycles. The van der Waals surface area contributed by atoms with E-state index in [1.807, 2.05) is 36.1 Å². The number of hydrogen-bond acceptors (Lipinski definition) is 6. The maximum absolute atomic E-state index is 12.3. The fraction of sp³-hybridized carbons (Fsp3) is 0.500. The van der Waals surface area contributed by atoms with Crippen LogP contribution in [-0.2, 0) is 17.9 Å². The fourth-order valence-electron chi connectivity index (χ4n) is 2.34. The van der Waals surface area contributed by atoms with Gasteiger partial charge in [-0.05, 0) is 35.5 Å². The molecule has 0 saturated heterocycles. The number of methoxy groups -OCH3 is 1. The number of nitrogens with zero attached hydrogens (tertiary/aromatic N) is 5. The predicted octanol–water partition coefficient (Wildman–Crippen LogP) is 1.55. The van der Waals surface area contributed by atoms with Gasteiger partial charge in [-0.3, -0.25) is 9.69 Å². The van der Waals surface area contributed by atoms with E-state index < -0.39 is 0 Å². The van der Waals surface area contributed by atoms with Crippen molar-refractivity contribution in [2.24, 2.45) is 0 Å². The lowest BCUT2D eigenvalue weighted by Gasteiger charge is -2.19. The highest BCUT2D eigenvalue weighted by molar-refractivity contribution is 5.93. The summed E-state index contributed by atoms with van der Waals surface area (Å²) < 4.78 is 7.03. The summed E-state index contributed by atoms with van der Waals surface area (Å²) in [5.41, 5.74) is 0.664. The summed E-state index contributed by atoms with van der Waals surface area (Å²) >= 11 is 0. The molecule has 2 aromatic rings. The van der Waals surface area contributed by atoms with Crippen molar-refractivity contribution >= 4 is 11.6 Å². The molecule has 1 aromatic carbocycles. The largest absolute Gasteiger partial charge is 0.495 e. The number of anilines is 1. The van der Waals surface area contributed by atoms with Gasteiger partial charge in [-0.25, -0.2) is 4.68 Å². The highest BCUT2D eigenvalue weighted by Gasteiger charge is 2.15. The second kappa shape index (κ2) is 8.97. The third-order valence-electron chi connectivity index (χ3n) is 3.60. The summed E-state index contributed by atoms with van der Waals surface area (Å²) in [6.07, 6.45) is 0.957. The molecule has 1 amide bonds. The molecule has 0 fully saturated rings. The van der Waals surface area contributed by atoms with Crippen LogP contribution in [-0.4, -0.2) is 51.2 Å². The lowest BCUT2D eigenvalue weighted by molar-refractivity contribution is -0.117. The number of aryl methyl sites for hydroxylation is 1. The first kappa shape index (κ1) is 17.9. The number of nitrogens with one attached hydrogen (secondary N) is 1. The van der Waals surface area contributed by atoms with Crippen LogP contribution in [0.1, 0.15) is 26.1 Å². The smallest absolute Gasteiger partial charge is 0.238 e. The molecule has 8 nitrogen and oxygen atoms in total. The van der Waals surface area contributed by atoms with Crippen molar-refractivity contribution in [3.63, 3.8) is 0 Å². The number of hydrogen-bond donors (Lipinski definition) is 1. The summed E-state index contributed by atoms with van der Waals surface area (Å²) in [5.74, 6) is 1.31. The first-order valence-corrected chi connectivity index (χ1v) is 8.08. The summed E-state index contributed by atoms with van der Waals surface area (Å²) in [7, 11) is 1.58. The topological polar surface area (TPSA) is 85.2 Å². The number of likely N-dealkylation sites (N-methyl/N-ethyl adjacent to an activating group) is 1. The van der Waals surface area contributed by atoms with Crippen LogP contribution in [0.2, 0.25) is 0 Å². The normalized spacial score (nSPS) is 10.8.